The molecule has 168 valence electrons. The molecule has 0 amide bonds. The van der Waals surface area contributed by atoms with Crippen molar-refractivity contribution in [2.45, 2.75) is 53.4 Å². The van der Waals surface area contributed by atoms with Crippen molar-refractivity contribution < 1.29 is 18.6 Å². The van der Waals surface area contributed by atoms with Crippen LogP contribution in [0, 0.1) is 0 Å². The summed E-state index contributed by atoms with van der Waals surface area (Å²) in [5, 5.41) is 0.651. The molecule has 0 saturated carbocycles. The van der Waals surface area contributed by atoms with Crippen LogP contribution in [0.15, 0.2) is 62.9 Å². The topological polar surface area (TPSA) is 57.9 Å². The Balaban J connectivity index is 2.22. The van der Waals surface area contributed by atoms with Gasteiger partial charge >= 0.3 is 5.63 Å². The highest BCUT2D eigenvalue weighted by Gasteiger charge is 2.19. The molecule has 0 saturated heterocycles. The lowest BCUT2D eigenvalue weighted by Crippen LogP contribution is -2.09. The van der Waals surface area contributed by atoms with Gasteiger partial charge in [0.25, 0.3) is 0 Å². The molecule has 2 rings (SSSR count). The van der Waals surface area contributed by atoms with Crippen molar-refractivity contribution in [3.63, 3.8) is 0 Å². The van der Waals surface area contributed by atoms with Crippen LogP contribution in [-0.2, 0) is 0 Å². The van der Waals surface area contributed by atoms with Gasteiger partial charge in [-0.15, -0.1) is 0 Å². The molecule has 1 heterocycles. The molecule has 0 spiro atoms. The number of methoxy groups -OCH3 is 1. The molecule has 0 atom stereocenters. The lowest BCUT2D eigenvalue weighted by atomic mass is 10.1. The van der Waals surface area contributed by atoms with E-state index in [4.69, 9.17) is 18.6 Å². The number of ether oxygens (including phenoxy) is 3. The van der Waals surface area contributed by atoms with E-state index in [1.807, 2.05) is 12.1 Å². The number of rotatable bonds is 12. The molecule has 0 radical (unpaired) electrons. The van der Waals surface area contributed by atoms with Gasteiger partial charge in [-0.1, -0.05) is 42.4 Å². The van der Waals surface area contributed by atoms with Gasteiger partial charge in [0.1, 0.15) is 6.61 Å². The van der Waals surface area contributed by atoms with Gasteiger partial charge in [0.05, 0.1) is 19.1 Å². The number of para-hydroxylation sites is 1. The van der Waals surface area contributed by atoms with E-state index in [9.17, 15) is 4.79 Å². The van der Waals surface area contributed by atoms with Crippen LogP contribution in [0.1, 0.15) is 53.4 Å². The molecule has 0 aliphatic heterocycles. The first kappa shape index (κ1) is 24.3. The van der Waals surface area contributed by atoms with Gasteiger partial charge in [-0.05, 0) is 64.7 Å². The van der Waals surface area contributed by atoms with Crippen LogP contribution < -0.4 is 19.8 Å². The first-order valence-corrected chi connectivity index (χ1v) is 10.8. The van der Waals surface area contributed by atoms with Crippen molar-refractivity contribution in [2.24, 2.45) is 0 Å². The van der Waals surface area contributed by atoms with Crippen LogP contribution in [0.2, 0.25) is 0 Å². The standard InChI is InChI=1S/C26H34O5/c1-6-7-8-9-17-30-24-21-14-11-15-22(23(21)31-26(27)25(24)28-5)29-18-16-20(4)13-10-12-19(2)3/h7-8,11-12,14-16H,6,9-10,13,17-18H2,1-5H3/b8-7?,20-16+. The Morgan fingerprint density at radius 1 is 1.03 bits per heavy atom. The summed E-state index contributed by atoms with van der Waals surface area (Å²) in [4.78, 5) is 12.5. The van der Waals surface area contributed by atoms with Gasteiger partial charge in [0.15, 0.2) is 17.1 Å². The summed E-state index contributed by atoms with van der Waals surface area (Å²) in [7, 11) is 1.44. The number of allylic oxidation sites excluding steroid dienone is 4. The first-order valence-electron chi connectivity index (χ1n) is 10.8. The highest BCUT2D eigenvalue weighted by Crippen LogP contribution is 2.36. The molecular weight excluding hydrogens is 392 g/mol. The average Bonchev–Trinajstić information content (AvgIpc) is 2.73. The van der Waals surface area contributed by atoms with Crippen LogP contribution in [0.25, 0.3) is 11.0 Å². The van der Waals surface area contributed by atoms with E-state index in [0.29, 0.717) is 35.7 Å². The van der Waals surface area contributed by atoms with Crippen molar-refractivity contribution >= 4 is 11.0 Å². The fourth-order valence-electron chi connectivity index (χ4n) is 3.06. The van der Waals surface area contributed by atoms with Crippen LogP contribution >= 0.6 is 0 Å². The molecule has 2 aromatic rings. The summed E-state index contributed by atoms with van der Waals surface area (Å²) in [6, 6.07) is 5.48. The number of fused-ring (bicyclic) bond motifs is 1. The van der Waals surface area contributed by atoms with E-state index in [1.54, 1.807) is 6.07 Å². The van der Waals surface area contributed by atoms with Gasteiger partial charge in [0, 0.05) is 0 Å². The Morgan fingerprint density at radius 2 is 1.84 bits per heavy atom. The second kappa shape index (κ2) is 12.7. The van der Waals surface area contributed by atoms with E-state index in [2.05, 4.69) is 52.0 Å². The van der Waals surface area contributed by atoms with E-state index < -0.39 is 5.63 Å². The Hall–Kier alpha value is -2.95. The Bertz CT molecular complexity index is 991. The quantitative estimate of drug-likeness (QED) is 0.217. The molecule has 0 N–H and O–H groups in total. The molecule has 5 heteroatoms. The van der Waals surface area contributed by atoms with Crippen LogP contribution in [0.3, 0.4) is 0 Å². The molecule has 0 unspecified atom stereocenters. The Morgan fingerprint density at radius 3 is 2.55 bits per heavy atom. The normalized spacial score (nSPS) is 11.7. The molecule has 0 aliphatic carbocycles. The third kappa shape index (κ3) is 7.35. The van der Waals surface area contributed by atoms with Gasteiger partial charge in [-0.2, -0.15) is 0 Å². The molecule has 1 aromatic heterocycles. The molecule has 0 fully saturated rings. The first-order chi connectivity index (χ1) is 15.0. The predicted octanol–water partition coefficient (Wildman–Crippen LogP) is 6.61. The molecule has 1 aromatic carbocycles. The third-order valence-electron chi connectivity index (χ3n) is 4.71. The summed E-state index contributed by atoms with van der Waals surface area (Å²) in [5.41, 5.74) is 2.36. The lowest BCUT2D eigenvalue weighted by Gasteiger charge is -2.13. The molecule has 5 nitrogen and oxygen atoms in total. The minimum Gasteiger partial charge on any atom is -0.488 e. The van der Waals surface area contributed by atoms with Crippen LogP contribution in [0.4, 0.5) is 0 Å². The second-order valence-corrected chi connectivity index (χ2v) is 7.58. The van der Waals surface area contributed by atoms with Gasteiger partial charge in [0.2, 0.25) is 5.75 Å². The number of hydrogen-bond donors (Lipinski definition) is 0. The molecular formula is C26H34O5. The highest BCUT2D eigenvalue weighted by molar-refractivity contribution is 5.89. The summed E-state index contributed by atoms with van der Waals surface area (Å²) >= 11 is 0. The Kier molecular flexibility index (Phi) is 9.95. The minimum atomic E-state index is -0.585. The van der Waals surface area contributed by atoms with E-state index >= 15 is 0 Å². The lowest BCUT2D eigenvalue weighted by molar-refractivity contribution is 0.292. The summed E-state index contributed by atoms with van der Waals surface area (Å²) < 4.78 is 22.6. The van der Waals surface area contributed by atoms with Crippen molar-refractivity contribution in [3.05, 3.63) is 64.1 Å². The second-order valence-electron chi connectivity index (χ2n) is 7.58. The van der Waals surface area contributed by atoms with E-state index in [-0.39, 0.29) is 5.75 Å². The average molecular weight is 427 g/mol. The smallest absolute Gasteiger partial charge is 0.383 e. The van der Waals surface area contributed by atoms with Crippen molar-refractivity contribution in [2.75, 3.05) is 20.3 Å². The zero-order valence-corrected chi connectivity index (χ0v) is 19.3. The zero-order chi connectivity index (χ0) is 22.6. The maximum absolute atomic E-state index is 12.5. The van der Waals surface area contributed by atoms with Gasteiger partial charge in [-0.25, -0.2) is 4.79 Å². The van der Waals surface area contributed by atoms with Crippen LogP contribution in [0.5, 0.6) is 17.2 Å². The largest absolute Gasteiger partial charge is 0.488 e. The summed E-state index contributed by atoms with van der Waals surface area (Å²) in [6.45, 7) is 9.21. The fourth-order valence-corrected chi connectivity index (χ4v) is 3.06. The fraction of sp³-hybridized carbons (Fsp3) is 0.423. The van der Waals surface area contributed by atoms with Gasteiger partial charge < -0.3 is 18.6 Å². The van der Waals surface area contributed by atoms with Crippen molar-refractivity contribution in [3.8, 4) is 17.2 Å². The van der Waals surface area contributed by atoms with E-state index in [0.717, 1.165) is 25.7 Å². The maximum atomic E-state index is 12.5. The molecule has 0 aliphatic rings. The Labute approximate surface area is 185 Å². The predicted molar refractivity (Wildman–Crippen MR) is 126 cm³/mol. The van der Waals surface area contributed by atoms with Crippen LogP contribution in [-0.4, -0.2) is 20.3 Å². The van der Waals surface area contributed by atoms with Crippen molar-refractivity contribution in [1.29, 1.82) is 0 Å². The van der Waals surface area contributed by atoms with E-state index in [1.165, 1.54) is 18.3 Å². The summed E-state index contributed by atoms with van der Waals surface area (Å²) in [6.07, 6.45) is 12.1. The third-order valence-corrected chi connectivity index (χ3v) is 4.71. The number of benzene rings is 1. The SMILES string of the molecule is CCC=CCCOc1c(OC)c(=O)oc2c(OC/C=C(\C)CCC=C(C)C)cccc12. The minimum absolute atomic E-state index is 0.0686. The summed E-state index contributed by atoms with van der Waals surface area (Å²) in [5.74, 6) is 0.956. The van der Waals surface area contributed by atoms with Gasteiger partial charge in [-0.3, -0.25) is 0 Å². The highest BCUT2D eigenvalue weighted by atomic mass is 16.5. The number of hydrogen-bond acceptors (Lipinski definition) is 5. The zero-order valence-electron chi connectivity index (χ0n) is 19.3. The molecule has 31 heavy (non-hydrogen) atoms. The molecule has 0 bridgehead atoms. The maximum Gasteiger partial charge on any atom is 0.383 e. The van der Waals surface area contributed by atoms with Crippen molar-refractivity contribution in [1.82, 2.24) is 0 Å². The monoisotopic (exact) mass is 426 g/mol.